The number of aryl methyl sites for hydroxylation is 1. The molecule has 0 bridgehead atoms. The van der Waals surface area contributed by atoms with Crippen LogP contribution in [0.4, 0.5) is 0 Å². The van der Waals surface area contributed by atoms with Crippen LogP contribution in [0.1, 0.15) is 18.9 Å². The van der Waals surface area contributed by atoms with E-state index < -0.39 is 0 Å². The number of aliphatic hydroxyl groups excluding tert-OH is 1. The van der Waals surface area contributed by atoms with Gasteiger partial charge in [0.15, 0.2) is 0 Å². The number of nitrogens with one attached hydrogen (secondary N) is 1. The molecule has 5 nitrogen and oxygen atoms in total. The summed E-state index contributed by atoms with van der Waals surface area (Å²) in [6.07, 6.45) is 1.34. The van der Waals surface area contributed by atoms with Gasteiger partial charge in [0, 0.05) is 5.56 Å². The average Bonchev–Trinajstić information content (AvgIpc) is 2.80. The second-order valence-electron chi connectivity index (χ2n) is 3.82. The fourth-order valence-electron chi connectivity index (χ4n) is 1.53. The van der Waals surface area contributed by atoms with Crippen molar-refractivity contribution < 1.29 is 5.11 Å². The molecule has 84 valence electrons. The van der Waals surface area contributed by atoms with Gasteiger partial charge in [-0.1, -0.05) is 18.2 Å². The summed E-state index contributed by atoms with van der Waals surface area (Å²) in [5.41, 5.74) is 2.11. The maximum Gasteiger partial charge on any atom is 0.204 e. The Balaban J connectivity index is 2.14. The van der Waals surface area contributed by atoms with Crippen molar-refractivity contribution in [3.05, 3.63) is 29.8 Å². The summed E-state index contributed by atoms with van der Waals surface area (Å²) in [7, 11) is 0. The molecule has 0 spiro atoms. The molecule has 0 aliphatic carbocycles. The number of nitrogens with zero attached hydrogens (tertiary/aromatic N) is 3. The summed E-state index contributed by atoms with van der Waals surface area (Å²) in [5, 5.41) is 23.0. The van der Waals surface area contributed by atoms with E-state index in [4.69, 9.17) is 0 Å². The van der Waals surface area contributed by atoms with Crippen LogP contribution in [0.25, 0.3) is 11.4 Å². The van der Waals surface area contributed by atoms with Crippen molar-refractivity contribution >= 4 is 0 Å². The monoisotopic (exact) mass is 218 g/mol. The van der Waals surface area contributed by atoms with E-state index in [2.05, 4.69) is 20.6 Å². The van der Waals surface area contributed by atoms with Gasteiger partial charge in [0.2, 0.25) is 5.82 Å². The number of aromatic nitrogens is 4. The van der Waals surface area contributed by atoms with E-state index in [1.165, 1.54) is 5.56 Å². The Labute approximate surface area is 93.5 Å². The fourth-order valence-corrected chi connectivity index (χ4v) is 1.53. The van der Waals surface area contributed by atoms with Gasteiger partial charge in [0.1, 0.15) is 0 Å². The Morgan fingerprint density at radius 2 is 2.31 bits per heavy atom. The lowest BCUT2D eigenvalue weighted by atomic mass is 10.0. The molecule has 0 unspecified atom stereocenters. The molecule has 1 aromatic carbocycles. The highest BCUT2D eigenvalue weighted by Gasteiger charge is 2.04. The highest BCUT2D eigenvalue weighted by atomic mass is 16.3. The normalized spacial score (nSPS) is 12.6. The summed E-state index contributed by atoms with van der Waals surface area (Å²) >= 11 is 0. The van der Waals surface area contributed by atoms with Crippen molar-refractivity contribution in [2.75, 3.05) is 0 Å². The molecular formula is C11H14N4O. The summed E-state index contributed by atoms with van der Waals surface area (Å²) in [6, 6.07) is 7.96. The van der Waals surface area contributed by atoms with E-state index in [0.29, 0.717) is 5.82 Å². The first-order valence-electron chi connectivity index (χ1n) is 5.26. The van der Waals surface area contributed by atoms with Crippen molar-refractivity contribution in [3.63, 3.8) is 0 Å². The fraction of sp³-hybridized carbons (Fsp3) is 0.364. The van der Waals surface area contributed by atoms with Crippen molar-refractivity contribution in [2.24, 2.45) is 0 Å². The SMILES string of the molecule is C[C@@H](O)CCc1cccc(-c2nn[nH]n2)c1. The zero-order valence-corrected chi connectivity index (χ0v) is 9.09. The van der Waals surface area contributed by atoms with Gasteiger partial charge in [-0.15, -0.1) is 10.2 Å². The van der Waals surface area contributed by atoms with Crippen LogP contribution in [-0.2, 0) is 6.42 Å². The Morgan fingerprint density at radius 3 is 3.00 bits per heavy atom. The molecule has 0 saturated heterocycles. The van der Waals surface area contributed by atoms with Gasteiger partial charge in [0.05, 0.1) is 6.10 Å². The molecule has 5 heteroatoms. The number of rotatable bonds is 4. The third-order valence-electron chi connectivity index (χ3n) is 2.38. The predicted octanol–water partition coefficient (Wildman–Crippen LogP) is 1.18. The topological polar surface area (TPSA) is 74.7 Å². The van der Waals surface area contributed by atoms with E-state index in [-0.39, 0.29) is 6.10 Å². The van der Waals surface area contributed by atoms with E-state index >= 15 is 0 Å². The van der Waals surface area contributed by atoms with E-state index in [1.54, 1.807) is 6.92 Å². The van der Waals surface area contributed by atoms with Gasteiger partial charge >= 0.3 is 0 Å². The number of H-pyrrole nitrogens is 1. The number of aliphatic hydroxyl groups is 1. The summed E-state index contributed by atoms with van der Waals surface area (Å²) in [6.45, 7) is 1.79. The van der Waals surface area contributed by atoms with Crippen LogP contribution in [-0.4, -0.2) is 31.8 Å². The van der Waals surface area contributed by atoms with Crippen LogP contribution < -0.4 is 0 Å². The van der Waals surface area contributed by atoms with E-state index in [1.807, 2.05) is 24.3 Å². The molecule has 0 fully saturated rings. The van der Waals surface area contributed by atoms with Crippen LogP contribution in [0, 0.1) is 0 Å². The number of hydrogen-bond acceptors (Lipinski definition) is 4. The molecule has 0 aliphatic rings. The first-order chi connectivity index (χ1) is 7.75. The maximum atomic E-state index is 9.23. The maximum absolute atomic E-state index is 9.23. The van der Waals surface area contributed by atoms with Crippen LogP contribution in [0.15, 0.2) is 24.3 Å². The van der Waals surface area contributed by atoms with Gasteiger partial charge in [-0.05, 0) is 36.6 Å². The van der Waals surface area contributed by atoms with Gasteiger partial charge in [0.25, 0.3) is 0 Å². The average molecular weight is 218 g/mol. The third kappa shape index (κ3) is 2.64. The zero-order valence-electron chi connectivity index (χ0n) is 9.09. The highest BCUT2D eigenvalue weighted by Crippen LogP contribution is 2.16. The van der Waals surface area contributed by atoms with E-state index in [0.717, 1.165) is 18.4 Å². The van der Waals surface area contributed by atoms with Gasteiger partial charge in [-0.2, -0.15) is 5.21 Å². The molecule has 1 aromatic heterocycles. The first kappa shape index (κ1) is 10.8. The first-order valence-corrected chi connectivity index (χ1v) is 5.26. The molecule has 0 amide bonds. The lowest BCUT2D eigenvalue weighted by Gasteiger charge is -2.04. The van der Waals surface area contributed by atoms with E-state index in [9.17, 15) is 5.11 Å². The van der Waals surface area contributed by atoms with Crippen molar-refractivity contribution in [1.82, 2.24) is 20.6 Å². The summed E-state index contributed by atoms with van der Waals surface area (Å²) in [5.74, 6) is 0.596. The molecule has 2 N–H and O–H groups in total. The summed E-state index contributed by atoms with van der Waals surface area (Å²) in [4.78, 5) is 0. The molecule has 0 saturated carbocycles. The minimum absolute atomic E-state index is 0.270. The van der Waals surface area contributed by atoms with Gasteiger partial charge in [-0.3, -0.25) is 0 Å². The highest BCUT2D eigenvalue weighted by molar-refractivity contribution is 5.54. The minimum Gasteiger partial charge on any atom is -0.393 e. The molecular weight excluding hydrogens is 204 g/mol. The molecule has 1 atom stereocenters. The van der Waals surface area contributed by atoms with Gasteiger partial charge < -0.3 is 5.11 Å². The predicted molar refractivity (Wildman–Crippen MR) is 59.6 cm³/mol. The molecule has 0 aliphatic heterocycles. The zero-order chi connectivity index (χ0) is 11.4. The number of aromatic amines is 1. The Hall–Kier alpha value is -1.75. The lowest BCUT2D eigenvalue weighted by molar-refractivity contribution is 0.185. The smallest absolute Gasteiger partial charge is 0.204 e. The number of benzene rings is 1. The molecule has 1 heterocycles. The lowest BCUT2D eigenvalue weighted by Crippen LogP contribution is -2.01. The van der Waals surface area contributed by atoms with Crippen molar-refractivity contribution in [3.8, 4) is 11.4 Å². The molecule has 2 rings (SSSR count). The molecule has 16 heavy (non-hydrogen) atoms. The standard InChI is InChI=1S/C11H14N4O/c1-8(16)5-6-9-3-2-4-10(7-9)11-12-14-15-13-11/h2-4,7-8,16H,5-6H2,1H3,(H,12,13,14,15)/t8-/m1/s1. The van der Waals surface area contributed by atoms with Crippen LogP contribution in [0.3, 0.4) is 0 Å². The van der Waals surface area contributed by atoms with Crippen molar-refractivity contribution in [1.29, 1.82) is 0 Å². The largest absolute Gasteiger partial charge is 0.393 e. The second kappa shape index (κ2) is 4.85. The number of hydrogen-bond donors (Lipinski definition) is 2. The Kier molecular flexibility index (Phi) is 3.26. The van der Waals surface area contributed by atoms with Gasteiger partial charge in [-0.25, -0.2) is 0 Å². The van der Waals surface area contributed by atoms with Crippen LogP contribution >= 0.6 is 0 Å². The van der Waals surface area contributed by atoms with Crippen molar-refractivity contribution in [2.45, 2.75) is 25.9 Å². The Bertz CT molecular complexity index is 439. The second-order valence-corrected chi connectivity index (χ2v) is 3.82. The third-order valence-corrected chi connectivity index (χ3v) is 2.38. The minimum atomic E-state index is -0.270. The van der Waals surface area contributed by atoms with Crippen LogP contribution in [0.2, 0.25) is 0 Å². The Morgan fingerprint density at radius 1 is 1.44 bits per heavy atom. The molecule has 0 radical (unpaired) electrons. The molecule has 2 aromatic rings. The quantitative estimate of drug-likeness (QED) is 0.808. The summed E-state index contributed by atoms with van der Waals surface area (Å²) < 4.78 is 0. The van der Waals surface area contributed by atoms with Crippen LogP contribution in [0.5, 0.6) is 0 Å². The number of tetrazole rings is 1.